The van der Waals surface area contributed by atoms with Gasteiger partial charge in [0.1, 0.15) is 17.6 Å². The second-order valence-corrected chi connectivity index (χ2v) is 7.05. The molecule has 0 saturated heterocycles. The number of hydrogen-bond acceptors (Lipinski definition) is 6. The maximum atomic E-state index is 12.5. The van der Waals surface area contributed by atoms with E-state index in [1.165, 1.54) is 10.7 Å². The first kappa shape index (κ1) is 18.0. The number of carbonyl (C=O) groups excluding carboxylic acids is 1. The third-order valence-corrected chi connectivity index (χ3v) is 4.93. The molecule has 2 aromatic heterocycles. The molecule has 4 aromatic rings. The molecule has 0 aliphatic carbocycles. The van der Waals surface area contributed by atoms with E-state index in [1.54, 1.807) is 18.2 Å². The van der Waals surface area contributed by atoms with Gasteiger partial charge in [0.15, 0.2) is 0 Å². The fourth-order valence-electron chi connectivity index (χ4n) is 2.95. The molecule has 7 nitrogen and oxygen atoms in total. The molecule has 2 heterocycles. The van der Waals surface area contributed by atoms with E-state index in [0.29, 0.717) is 16.9 Å². The van der Waals surface area contributed by atoms with Gasteiger partial charge in [-0.25, -0.2) is 4.68 Å². The van der Waals surface area contributed by atoms with Crippen LogP contribution in [0.25, 0.3) is 22.3 Å². The Hall–Kier alpha value is -3.39. The molecular formula is C20H17N5O2S. The molecule has 1 amide bonds. The molecule has 0 saturated carbocycles. The van der Waals surface area contributed by atoms with Gasteiger partial charge in [0.2, 0.25) is 5.91 Å². The van der Waals surface area contributed by atoms with Crippen molar-refractivity contribution in [2.24, 2.45) is 0 Å². The number of fused-ring (bicyclic) bond motifs is 1. The van der Waals surface area contributed by atoms with Crippen molar-refractivity contribution in [2.45, 2.75) is 20.4 Å². The summed E-state index contributed by atoms with van der Waals surface area (Å²) in [4.78, 5) is 24.7. The van der Waals surface area contributed by atoms with Crippen molar-refractivity contribution in [1.82, 2.24) is 18.5 Å². The van der Waals surface area contributed by atoms with Gasteiger partial charge in [-0.2, -0.15) is 13.8 Å². The Morgan fingerprint density at radius 3 is 2.82 bits per heavy atom. The number of aromatic nitrogens is 4. The lowest BCUT2D eigenvalue weighted by molar-refractivity contribution is -0.117. The third kappa shape index (κ3) is 3.54. The zero-order valence-electron chi connectivity index (χ0n) is 15.3. The fourth-order valence-corrected chi connectivity index (χ4v) is 3.50. The van der Waals surface area contributed by atoms with Crippen LogP contribution in [0.15, 0.2) is 53.3 Å². The Morgan fingerprint density at radius 1 is 1.11 bits per heavy atom. The lowest BCUT2D eigenvalue weighted by Crippen LogP contribution is -2.29. The second kappa shape index (κ2) is 7.32. The summed E-state index contributed by atoms with van der Waals surface area (Å²) >= 11 is 1.08. The van der Waals surface area contributed by atoms with E-state index in [0.717, 1.165) is 33.9 Å². The Balaban J connectivity index is 1.61. The molecule has 140 valence electrons. The maximum absolute atomic E-state index is 12.5. The van der Waals surface area contributed by atoms with Crippen LogP contribution >= 0.6 is 11.7 Å². The van der Waals surface area contributed by atoms with Crippen LogP contribution in [0.5, 0.6) is 0 Å². The molecule has 8 heteroatoms. The van der Waals surface area contributed by atoms with Gasteiger partial charge >= 0.3 is 0 Å². The number of benzene rings is 2. The minimum absolute atomic E-state index is 0.189. The summed E-state index contributed by atoms with van der Waals surface area (Å²) in [6.07, 6.45) is 0. The van der Waals surface area contributed by atoms with Gasteiger partial charge in [0, 0.05) is 11.6 Å². The Kier molecular flexibility index (Phi) is 4.70. The van der Waals surface area contributed by atoms with Gasteiger partial charge in [-0.1, -0.05) is 23.8 Å². The molecule has 28 heavy (non-hydrogen) atoms. The van der Waals surface area contributed by atoms with Crippen LogP contribution in [-0.4, -0.2) is 24.4 Å². The average molecular weight is 391 g/mol. The van der Waals surface area contributed by atoms with E-state index >= 15 is 0 Å². The van der Waals surface area contributed by atoms with E-state index in [1.807, 2.05) is 38.1 Å². The van der Waals surface area contributed by atoms with Crippen molar-refractivity contribution in [3.05, 3.63) is 70.0 Å². The minimum Gasteiger partial charge on any atom is -0.322 e. The fraction of sp³-hybridized carbons (Fsp3) is 0.150. The molecule has 2 aromatic carbocycles. The Morgan fingerprint density at radius 2 is 1.96 bits per heavy atom. The molecule has 0 unspecified atom stereocenters. The van der Waals surface area contributed by atoms with Crippen LogP contribution in [0.1, 0.15) is 11.1 Å². The van der Waals surface area contributed by atoms with Crippen LogP contribution in [-0.2, 0) is 11.3 Å². The Labute approximate surface area is 165 Å². The highest BCUT2D eigenvalue weighted by Crippen LogP contribution is 2.22. The highest BCUT2D eigenvalue weighted by atomic mass is 32.1. The molecule has 0 aliphatic rings. The van der Waals surface area contributed by atoms with E-state index in [2.05, 4.69) is 19.2 Å². The molecule has 1 N–H and O–H groups in total. The predicted octanol–water partition coefficient (Wildman–Crippen LogP) is 3.17. The summed E-state index contributed by atoms with van der Waals surface area (Å²) in [5, 5.41) is 7.19. The van der Waals surface area contributed by atoms with Gasteiger partial charge < -0.3 is 5.32 Å². The number of amides is 1. The van der Waals surface area contributed by atoms with Crippen molar-refractivity contribution in [2.75, 3.05) is 5.32 Å². The van der Waals surface area contributed by atoms with Gasteiger partial charge in [-0.05, 0) is 43.7 Å². The number of anilines is 1. The standard InChI is InChI=1S/C20H17N5O2S/c1-12-6-7-13(2)14(10-12)15-8-9-19(27)25(22-15)11-18(26)21-16-4-3-5-17-20(16)24-28-23-17/h3-10H,11H2,1-2H3,(H,21,26). The normalized spacial score (nSPS) is 10.9. The zero-order chi connectivity index (χ0) is 19.7. The topological polar surface area (TPSA) is 89.8 Å². The highest BCUT2D eigenvalue weighted by molar-refractivity contribution is 7.00. The molecule has 4 rings (SSSR count). The number of nitrogens with one attached hydrogen (secondary N) is 1. The van der Waals surface area contributed by atoms with E-state index in [4.69, 9.17) is 0 Å². The SMILES string of the molecule is Cc1ccc(C)c(-c2ccc(=O)n(CC(=O)Nc3cccc4nsnc34)n2)c1. The first-order chi connectivity index (χ1) is 13.5. The largest absolute Gasteiger partial charge is 0.322 e. The monoisotopic (exact) mass is 391 g/mol. The predicted molar refractivity (Wildman–Crippen MR) is 109 cm³/mol. The summed E-state index contributed by atoms with van der Waals surface area (Å²) in [7, 11) is 0. The van der Waals surface area contributed by atoms with Crippen LogP contribution in [0.3, 0.4) is 0 Å². The van der Waals surface area contributed by atoms with E-state index < -0.39 is 0 Å². The first-order valence-corrected chi connectivity index (χ1v) is 9.41. The second-order valence-electron chi connectivity index (χ2n) is 6.52. The van der Waals surface area contributed by atoms with Crippen LogP contribution in [0.4, 0.5) is 5.69 Å². The summed E-state index contributed by atoms with van der Waals surface area (Å²) in [6.45, 7) is 3.80. The lowest BCUT2D eigenvalue weighted by Gasteiger charge is -2.10. The minimum atomic E-state index is -0.354. The van der Waals surface area contributed by atoms with E-state index in [9.17, 15) is 9.59 Å². The van der Waals surface area contributed by atoms with Crippen LogP contribution in [0.2, 0.25) is 0 Å². The molecule has 0 atom stereocenters. The molecule has 0 bridgehead atoms. The molecular weight excluding hydrogens is 374 g/mol. The van der Waals surface area contributed by atoms with Gasteiger partial charge in [0.25, 0.3) is 5.56 Å². The van der Waals surface area contributed by atoms with Crippen molar-refractivity contribution in [1.29, 1.82) is 0 Å². The highest BCUT2D eigenvalue weighted by Gasteiger charge is 2.12. The van der Waals surface area contributed by atoms with Crippen molar-refractivity contribution >= 4 is 34.4 Å². The molecule has 0 radical (unpaired) electrons. The lowest BCUT2D eigenvalue weighted by atomic mass is 10.0. The smallest absolute Gasteiger partial charge is 0.267 e. The molecule has 0 aliphatic heterocycles. The number of carbonyl (C=O) groups is 1. The van der Waals surface area contributed by atoms with E-state index in [-0.39, 0.29) is 18.0 Å². The number of hydrogen-bond donors (Lipinski definition) is 1. The van der Waals surface area contributed by atoms with Crippen molar-refractivity contribution in [3.63, 3.8) is 0 Å². The maximum Gasteiger partial charge on any atom is 0.267 e. The number of nitrogens with zero attached hydrogens (tertiary/aromatic N) is 4. The number of aryl methyl sites for hydroxylation is 2. The van der Waals surface area contributed by atoms with Gasteiger partial charge in [0.05, 0.1) is 23.1 Å². The van der Waals surface area contributed by atoms with Crippen molar-refractivity contribution in [3.8, 4) is 11.3 Å². The summed E-state index contributed by atoms with van der Waals surface area (Å²) < 4.78 is 9.53. The van der Waals surface area contributed by atoms with Crippen molar-refractivity contribution < 1.29 is 4.79 Å². The first-order valence-electron chi connectivity index (χ1n) is 8.68. The molecule has 0 spiro atoms. The Bertz CT molecular complexity index is 1240. The van der Waals surface area contributed by atoms with Gasteiger partial charge in [-0.15, -0.1) is 0 Å². The summed E-state index contributed by atoms with van der Waals surface area (Å²) in [5.41, 5.74) is 5.32. The summed E-state index contributed by atoms with van der Waals surface area (Å²) in [5.74, 6) is -0.354. The van der Waals surface area contributed by atoms with Crippen LogP contribution < -0.4 is 10.9 Å². The molecule has 0 fully saturated rings. The average Bonchev–Trinajstić information content (AvgIpc) is 3.15. The third-order valence-electron chi connectivity index (χ3n) is 4.39. The van der Waals surface area contributed by atoms with Crippen LogP contribution in [0, 0.1) is 13.8 Å². The number of rotatable bonds is 4. The zero-order valence-corrected chi connectivity index (χ0v) is 16.2. The summed E-state index contributed by atoms with van der Waals surface area (Å²) in [6, 6.07) is 14.5. The quantitative estimate of drug-likeness (QED) is 0.577. The van der Waals surface area contributed by atoms with Gasteiger partial charge in [-0.3, -0.25) is 9.59 Å².